The number of aromatic hydroxyl groups is 2. The molecule has 0 bridgehead atoms. The molecule has 34 heavy (non-hydrogen) atoms. The first-order valence-electron chi connectivity index (χ1n) is 9.94. The SMILES string of the molecule is COc1ccc(/C=C\c2cc(OC)c(OC)c(OC)c2)c(NS(=O)(=O)c2ccc(O)cc2)c1O. The number of anilines is 1. The first-order valence-corrected chi connectivity index (χ1v) is 11.4. The molecular formula is C24H25NO8S. The van der Waals surface area contributed by atoms with E-state index >= 15 is 0 Å². The van der Waals surface area contributed by atoms with Crippen molar-refractivity contribution in [3.8, 4) is 34.5 Å². The van der Waals surface area contributed by atoms with Gasteiger partial charge in [-0.1, -0.05) is 12.2 Å². The second-order valence-electron chi connectivity index (χ2n) is 6.97. The fraction of sp³-hybridized carbons (Fsp3) is 0.167. The van der Waals surface area contributed by atoms with Crippen LogP contribution in [-0.2, 0) is 10.0 Å². The number of phenolic OH excluding ortho intramolecular Hbond substituents is 2. The van der Waals surface area contributed by atoms with Gasteiger partial charge in [0.05, 0.1) is 33.3 Å². The van der Waals surface area contributed by atoms with Crippen LogP contribution in [0.25, 0.3) is 12.2 Å². The van der Waals surface area contributed by atoms with E-state index in [-0.39, 0.29) is 27.8 Å². The molecule has 0 amide bonds. The molecule has 0 aliphatic rings. The van der Waals surface area contributed by atoms with Crippen molar-refractivity contribution in [1.29, 1.82) is 0 Å². The summed E-state index contributed by atoms with van der Waals surface area (Å²) < 4.78 is 49.4. The topological polar surface area (TPSA) is 124 Å². The van der Waals surface area contributed by atoms with Gasteiger partial charge in [0.1, 0.15) is 11.4 Å². The Kier molecular flexibility index (Phi) is 7.42. The lowest BCUT2D eigenvalue weighted by molar-refractivity contribution is 0.324. The van der Waals surface area contributed by atoms with Crippen LogP contribution in [0.5, 0.6) is 34.5 Å². The number of rotatable bonds is 9. The van der Waals surface area contributed by atoms with Gasteiger partial charge in [-0.2, -0.15) is 0 Å². The smallest absolute Gasteiger partial charge is 0.262 e. The Morgan fingerprint density at radius 3 is 1.88 bits per heavy atom. The summed E-state index contributed by atoms with van der Waals surface area (Å²) in [7, 11) is 1.79. The van der Waals surface area contributed by atoms with Gasteiger partial charge >= 0.3 is 0 Å². The average molecular weight is 488 g/mol. The van der Waals surface area contributed by atoms with E-state index in [1.54, 1.807) is 30.4 Å². The summed E-state index contributed by atoms with van der Waals surface area (Å²) in [5.74, 6) is 0.980. The minimum atomic E-state index is -4.08. The van der Waals surface area contributed by atoms with Crippen molar-refractivity contribution in [1.82, 2.24) is 0 Å². The lowest BCUT2D eigenvalue weighted by atomic mass is 10.1. The van der Waals surface area contributed by atoms with Gasteiger partial charge < -0.3 is 29.2 Å². The number of phenols is 2. The predicted molar refractivity (Wildman–Crippen MR) is 129 cm³/mol. The molecule has 0 radical (unpaired) electrons. The zero-order chi connectivity index (χ0) is 24.9. The van der Waals surface area contributed by atoms with Crippen LogP contribution in [-0.4, -0.2) is 47.1 Å². The van der Waals surface area contributed by atoms with Crippen LogP contribution in [0.4, 0.5) is 5.69 Å². The Morgan fingerprint density at radius 1 is 0.765 bits per heavy atom. The molecule has 0 fully saturated rings. The van der Waals surface area contributed by atoms with Crippen molar-refractivity contribution >= 4 is 27.9 Å². The van der Waals surface area contributed by atoms with Gasteiger partial charge in [-0.05, 0) is 54.1 Å². The summed E-state index contributed by atoms with van der Waals surface area (Å²) in [6.07, 6.45) is 3.32. The van der Waals surface area contributed by atoms with Crippen LogP contribution in [0.3, 0.4) is 0 Å². The van der Waals surface area contributed by atoms with E-state index in [1.165, 1.54) is 58.8 Å². The molecule has 0 saturated heterocycles. The van der Waals surface area contributed by atoms with Crippen LogP contribution in [0.2, 0.25) is 0 Å². The molecule has 0 aliphatic carbocycles. The Bertz CT molecular complexity index is 1280. The van der Waals surface area contributed by atoms with Gasteiger partial charge in [0.25, 0.3) is 10.0 Å². The minimum Gasteiger partial charge on any atom is -0.508 e. The van der Waals surface area contributed by atoms with Crippen LogP contribution in [0, 0.1) is 0 Å². The Labute approximate surface area is 197 Å². The molecule has 3 aromatic carbocycles. The van der Waals surface area contributed by atoms with Crippen molar-refractivity contribution < 1.29 is 37.6 Å². The van der Waals surface area contributed by atoms with Crippen molar-refractivity contribution in [2.45, 2.75) is 4.90 Å². The molecule has 3 N–H and O–H groups in total. The Balaban J connectivity index is 2.05. The summed E-state index contributed by atoms with van der Waals surface area (Å²) in [6.45, 7) is 0. The first-order chi connectivity index (χ1) is 16.2. The molecule has 3 aromatic rings. The molecule has 0 spiro atoms. The van der Waals surface area contributed by atoms with Gasteiger partial charge in [0, 0.05) is 5.56 Å². The molecule has 9 nitrogen and oxygen atoms in total. The minimum absolute atomic E-state index is 0.0721. The molecule has 10 heteroatoms. The van der Waals surface area contributed by atoms with Crippen molar-refractivity contribution in [3.05, 3.63) is 59.7 Å². The van der Waals surface area contributed by atoms with Gasteiger partial charge in [-0.15, -0.1) is 0 Å². The van der Waals surface area contributed by atoms with Crippen LogP contribution in [0.15, 0.2) is 53.4 Å². The van der Waals surface area contributed by atoms with Crippen molar-refractivity contribution in [2.24, 2.45) is 0 Å². The van der Waals surface area contributed by atoms with Crippen molar-refractivity contribution in [2.75, 3.05) is 33.2 Å². The fourth-order valence-corrected chi connectivity index (χ4v) is 4.30. The normalized spacial score (nSPS) is 11.3. The van der Waals surface area contributed by atoms with E-state index < -0.39 is 10.0 Å². The number of hydrogen-bond acceptors (Lipinski definition) is 8. The largest absolute Gasteiger partial charge is 0.508 e. The highest BCUT2D eigenvalue weighted by molar-refractivity contribution is 7.92. The third-order valence-corrected chi connectivity index (χ3v) is 6.28. The molecule has 180 valence electrons. The van der Waals surface area contributed by atoms with Gasteiger partial charge in [-0.3, -0.25) is 4.72 Å². The number of sulfonamides is 1. The monoisotopic (exact) mass is 487 g/mol. The van der Waals surface area contributed by atoms with Crippen molar-refractivity contribution in [3.63, 3.8) is 0 Å². The standard InChI is InChI=1S/C24H25NO8S/c1-30-19-12-7-16(6-5-15-13-20(31-2)24(33-4)21(14-15)32-3)22(23(19)27)25-34(28,29)18-10-8-17(26)9-11-18/h5-14,25-27H,1-4H3/b6-5-. The second-order valence-corrected chi connectivity index (χ2v) is 8.65. The molecule has 0 atom stereocenters. The number of nitrogens with one attached hydrogen (secondary N) is 1. The summed E-state index contributed by atoms with van der Waals surface area (Å²) in [5.41, 5.74) is 0.975. The number of ether oxygens (including phenoxy) is 4. The summed E-state index contributed by atoms with van der Waals surface area (Å²) in [6, 6.07) is 11.6. The lowest BCUT2D eigenvalue weighted by Gasteiger charge is -2.15. The summed E-state index contributed by atoms with van der Waals surface area (Å²) >= 11 is 0. The van der Waals surface area contributed by atoms with Gasteiger partial charge in [-0.25, -0.2) is 8.42 Å². The summed E-state index contributed by atoms with van der Waals surface area (Å²) in [4.78, 5) is -0.0907. The summed E-state index contributed by atoms with van der Waals surface area (Å²) in [5, 5.41) is 20.1. The lowest BCUT2D eigenvalue weighted by Crippen LogP contribution is -2.14. The molecule has 0 unspecified atom stereocenters. The Hall–Kier alpha value is -4.05. The van der Waals surface area contributed by atoms with E-state index in [9.17, 15) is 18.6 Å². The van der Waals surface area contributed by atoms with Crippen LogP contribution < -0.4 is 23.7 Å². The predicted octanol–water partition coefficient (Wildman–Crippen LogP) is 4.10. The highest BCUT2D eigenvalue weighted by Crippen LogP contribution is 2.41. The maximum Gasteiger partial charge on any atom is 0.262 e. The fourth-order valence-electron chi connectivity index (χ4n) is 3.20. The molecule has 0 heterocycles. The maximum atomic E-state index is 12.9. The quantitative estimate of drug-likeness (QED) is 0.304. The number of hydrogen-bond donors (Lipinski definition) is 3. The third-order valence-electron chi connectivity index (χ3n) is 4.92. The second kappa shape index (κ2) is 10.3. The zero-order valence-corrected chi connectivity index (χ0v) is 19.8. The van der Waals surface area contributed by atoms with E-state index in [0.29, 0.717) is 28.4 Å². The zero-order valence-electron chi connectivity index (χ0n) is 19.0. The van der Waals surface area contributed by atoms with E-state index in [2.05, 4.69) is 4.72 Å². The first kappa shape index (κ1) is 24.6. The van der Waals surface area contributed by atoms with Crippen LogP contribution in [0.1, 0.15) is 11.1 Å². The number of benzene rings is 3. The van der Waals surface area contributed by atoms with Gasteiger partial charge in [0.2, 0.25) is 5.75 Å². The third kappa shape index (κ3) is 5.12. The maximum absolute atomic E-state index is 12.9. The average Bonchev–Trinajstić information content (AvgIpc) is 2.83. The molecule has 0 aliphatic heterocycles. The highest BCUT2D eigenvalue weighted by atomic mass is 32.2. The van der Waals surface area contributed by atoms with E-state index in [4.69, 9.17) is 18.9 Å². The molecule has 3 rings (SSSR count). The Morgan fingerprint density at radius 2 is 1.35 bits per heavy atom. The number of methoxy groups -OCH3 is 4. The highest BCUT2D eigenvalue weighted by Gasteiger charge is 2.20. The van der Waals surface area contributed by atoms with Crippen LogP contribution >= 0.6 is 0 Å². The molecule has 0 aromatic heterocycles. The van der Waals surface area contributed by atoms with Gasteiger partial charge in [0.15, 0.2) is 23.0 Å². The molecular weight excluding hydrogens is 462 g/mol. The van der Waals surface area contributed by atoms with E-state index in [1.807, 2.05) is 0 Å². The van der Waals surface area contributed by atoms with E-state index in [0.717, 1.165) is 0 Å². The molecule has 0 saturated carbocycles.